The molecule has 0 aliphatic carbocycles. The van der Waals surface area contributed by atoms with Crippen LogP contribution in [-0.2, 0) is 0 Å². The molecule has 0 saturated carbocycles. The molecule has 4 aromatic rings. The highest BCUT2D eigenvalue weighted by molar-refractivity contribution is 8.01. The second-order valence-corrected chi connectivity index (χ2v) is 8.49. The quantitative estimate of drug-likeness (QED) is 0.347. The minimum Gasteiger partial charge on any atom is -0.479 e. The summed E-state index contributed by atoms with van der Waals surface area (Å²) in [5, 5.41) is 8.63. The van der Waals surface area contributed by atoms with E-state index in [1.54, 1.807) is 10.6 Å². The number of aryl methyl sites for hydroxylation is 1. The van der Waals surface area contributed by atoms with E-state index < -0.39 is 5.82 Å². The zero-order chi connectivity index (χ0) is 24.2. The van der Waals surface area contributed by atoms with Gasteiger partial charge in [-0.25, -0.2) is 18.9 Å². The third kappa shape index (κ3) is 4.64. The van der Waals surface area contributed by atoms with Gasteiger partial charge in [-0.05, 0) is 31.0 Å². The van der Waals surface area contributed by atoms with E-state index in [9.17, 15) is 4.39 Å². The zero-order valence-electron chi connectivity index (χ0n) is 19.2. The molecule has 4 heterocycles. The molecule has 0 aliphatic rings. The van der Waals surface area contributed by atoms with Crippen LogP contribution < -0.4 is 14.2 Å². The number of furan rings is 1. The number of anilines is 1. The van der Waals surface area contributed by atoms with E-state index >= 15 is 0 Å². The fraction of sp³-hybridized carbons (Fsp3) is 0.333. The molecule has 0 spiro atoms. The first-order chi connectivity index (χ1) is 16.4. The Morgan fingerprint density at radius 2 is 1.71 bits per heavy atom. The highest BCUT2D eigenvalue weighted by atomic mass is 32.2. The highest BCUT2D eigenvalue weighted by Crippen LogP contribution is 2.36. The van der Waals surface area contributed by atoms with Crippen molar-refractivity contribution in [3.05, 3.63) is 48.3 Å². The van der Waals surface area contributed by atoms with Gasteiger partial charge in [-0.3, -0.25) is 4.72 Å². The van der Waals surface area contributed by atoms with Gasteiger partial charge in [-0.2, -0.15) is 9.97 Å². The summed E-state index contributed by atoms with van der Waals surface area (Å²) in [5.41, 5.74) is 0.409. The minimum absolute atomic E-state index is 0.0132. The molecule has 0 aromatic carbocycles. The molecule has 0 aliphatic heterocycles. The summed E-state index contributed by atoms with van der Waals surface area (Å²) in [7, 11) is 3.00. The predicted octanol–water partition coefficient (Wildman–Crippen LogP) is 3.82. The maximum absolute atomic E-state index is 13.2. The third-order valence-corrected chi connectivity index (χ3v) is 6.16. The first-order valence-corrected chi connectivity index (χ1v) is 11.2. The third-order valence-electron chi connectivity index (χ3n) is 5.08. The largest absolute Gasteiger partial charge is 0.479 e. The van der Waals surface area contributed by atoms with Crippen molar-refractivity contribution in [2.45, 2.75) is 31.9 Å². The van der Waals surface area contributed by atoms with E-state index in [-0.39, 0.29) is 22.9 Å². The highest BCUT2D eigenvalue weighted by Gasteiger charge is 2.27. The summed E-state index contributed by atoms with van der Waals surface area (Å²) in [6.07, 6.45) is 3.66. The van der Waals surface area contributed by atoms with Crippen molar-refractivity contribution in [3.63, 3.8) is 0 Å². The van der Waals surface area contributed by atoms with E-state index in [4.69, 9.17) is 13.9 Å². The molecule has 2 atom stereocenters. The van der Waals surface area contributed by atoms with Crippen LogP contribution in [0.4, 0.5) is 10.3 Å². The second kappa shape index (κ2) is 10.0. The summed E-state index contributed by atoms with van der Waals surface area (Å²) >= 11 is 1.39. The normalized spacial score (nSPS) is 12.9. The van der Waals surface area contributed by atoms with Crippen LogP contribution in [0.2, 0.25) is 0 Å². The predicted molar refractivity (Wildman–Crippen MR) is 124 cm³/mol. The van der Waals surface area contributed by atoms with E-state index in [0.717, 1.165) is 18.2 Å². The van der Waals surface area contributed by atoms with Gasteiger partial charge in [0.05, 0.1) is 26.6 Å². The van der Waals surface area contributed by atoms with Crippen LogP contribution in [0, 0.1) is 12.7 Å². The Balaban J connectivity index is 1.70. The molecule has 1 N–H and O–H groups in total. The summed E-state index contributed by atoms with van der Waals surface area (Å²) in [5.74, 6) is 2.52. The molecule has 11 nitrogen and oxygen atoms in total. The Bertz CT molecular complexity index is 1240. The van der Waals surface area contributed by atoms with Gasteiger partial charge in [0.2, 0.25) is 23.5 Å². The van der Waals surface area contributed by atoms with Crippen molar-refractivity contribution in [2.24, 2.45) is 0 Å². The fourth-order valence-electron chi connectivity index (χ4n) is 3.13. The average molecular weight is 487 g/mol. The van der Waals surface area contributed by atoms with E-state index in [0.29, 0.717) is 29.0 Å². The molecule has 13 heteroatoms. The van der Waals surface area contributed by atoms with Crippen LogP contribution >= 0.6 is 11.9 Å². The molecule has 0 saturated heterocycles. The lowest BCUT2D eigenvalue weighted by molar-refractivity contribution is 0.368. The second-order valence-electron chi connectivity index (χ2n) is 7.31. The Hall–Kier alpha value is -3.74. The lowest BCUT2D eigenvalue weighted by Gasteiger charge is -2.19. The van der Waals surface area contributed by atoms with Crippen LogP contribution in [0.25, 0.3) is 17.3 Å². The molecule has 0 fully saturated rings. The van der Waals surface area contributed by atoms with E-state index in [2.05, 4.69) is 34.9 Å². The number of nitrogens with one attached hydrogen (secondary N) is 1. The van der Waals surface area contributed by atoms with Crippen LogP contribution in [-0.4, -0.2) is 54.2 Å². The molecule has 4 rings (SSSR count). The molecule has 0 radical (unpaired) electrons. The molecule has 2 unspecified atom stereocenters. The summed E-state index contributed by atoms with van der Waals surface area (Å²) < 4.78 is 34.9. The summed E-state index contributed by atoms with van der Waals surface area (Å²) in [4.78, 5) is 16.6. The van der Waals surface area contributed by atoms with Gasteiger partial charge in [0.25, 0.3) is 0 Å². The van der Waals surface area contributed by atoms with Crippen LogP contribution in [0.5, 0.6) is 11.8 Å². The van der Waals surface area contributed by atoms with Crippen LogP contribution in [0.1, 0.15) is 31.4 Å². The number of methoxy groups -OCH3 is 2. The monoisotopic (exact) mass is 486 g/mol. The Morgan fingerprint density at radius 1 is 1.03 bits per heavy atom. The maximum Gasteiger partial charge on any atom is 0.245 e. The number of aromatic nitrogens is 7. The number of hydrogen-bond donors (Lipinski definition) is 1. The molecule has 34 heavy (non-hydrogen) atoms. The lowest BCUT2D eigenvalue weighted by Crippen LogP contribution is -2.15. The van der Waals surface area contributed by atoms with Gasteiger partial charge in [0.1, 0.15) is 17.9 Å². The van der Waals surface area contributed by atoms with E-state index in [1.807, 2.05) is 26.8 Å². The first-order valence-electron chi connectivity index (χ1n) is 10.3. The Morgan fingerprint density at radius 3 is 2.29 bits per heavy atom. The van der Waals surface area contributed by atoms with Gasteiger partial charge in [0.15, 0.2) is 17.3 Å². The van der Waals surface area contributed by atoms with Crippen molar-refractivity contribution in [1.82, 2.24) is 34.7 Å². The average Bonchev–Trinajstić information content (AvgIpc) is 3.47. The maximum atomic E-state index is 13.2. The van der Waals surface area contributed by atoms with Gasteiger partial charge in [-0.15, -0.1) is 10.2 Å². The van der Waals surface area contributed by atoms with Crippen molar-refractivity contribution in [2.75, 3.05) is 18.9 Å². The number of hydrogen-bond acceptors (Lipinski definition) is 11. The molecule has 0 bridgehead atoms. The number of rotatable bonds is 9. The van der Waals surface area contributed by atoms with Crippen LogP contribution in [0.3, 0.4) is 0 Å². The van der Waals surface area contributed by atoms with Gasteiger partial charge >= 0.3 is 0 Å². The standard InChI is InChI=1S/C21H23FN8O3S/c1-11-6-7-15(33-11)18-27-28-21(30(18)16-19(31-4)25-10-26-20(16)32-5)29-34-13(3)12(2)17-23-8-14(22)9-24-17/h6-10,12-13H,1-5H3,(H,28,29). The number of halogens is 1. The topological polar surface area (TPSA) is 126 Å². The summed E-state index contributed by atoms with van der Waals surface area (Å²) in [6.45, 7) is 5.80. The minimum atomic E-state index is -0.476. The fourth-order valence-corrected chi connectivity index (χ4v) is 3.88. The van der Waals surface area contributed by atoms with E-state index in [1.165, 1.54) is 32.5 Å². The Labute approximate surface area is 199 Å². The Kier molecular flexibility index (Phi) is 6.91. The molecule has 4 aromatic heterocycles. The van der Waals surface area contributed by atoms with Crippen molar-refractivity contribution in [1.29, 1.82) is 0 Å². The molecular weight excluding hydrogens is 463 g/mol. The van der Waals surface area contributed by atoms with Gasteiger partial charge < -0.3 is 13.9 Å². The SMILES string of the molecule is COc1ncnc(OC)c1-n1c(NSC(C)C(C)c2ncc(F)cn2)nnc1-c1ccc(C)o1. The van der Waals surface area contributed by atoms with Gasteiger partial charge in [-0.1, -0.05) is 13.8 Å². The first kappa shape index (κ1) is 23.4. The number of nitrogens with zero attached hydrogens (tertiary/aromatic N) is 7. The zero-order valence-corrected chi connectivity index (χ0v) is 20.0. The molecular formula is C21H23FN8O3S. The molecule has 0 amide bonds. The van der Waals surface area contributed by atoms with Crippen molar-refractivity contribution < 1.29 is 18.3 Å². The van der Waals surface area contributed by atoms with Gasteiger partial charge in [0, 0.05) is 11.2 Å². The van der Waals surface area contributed by atoms with Crippen LogP contribution in [0.15, 0.2) is 35.3 Å². The van der Waals surface area contributed by atoms with Crippen molar-refractivity contribution >= 4 is 17.9 Å². The number of ether oxygens (including phenoxy) is 2. The summed E-state index contributed by atoms with van der Waals surface area (Å²) in [6, 6.07) is 3.63. The van der Waals surface area contributed by atoms with Crippen molar-refractivity contribution in [3.8, 4) is 29.0 Å². The molecule has 178 valence electrons. The lowest BCUT2D eigenvalue weighted by atomic mass is 10.1. The smallest absolute Gasteiger partial charge is 0.245 e.